The summed E-state index contributed by atoms with van der Waals surface area (Å²) in [5.41, 5.74) is 1.13. The molecular formula is C30H38F4O2. The maximum Gasteiger partial charge on any atom is 0.200 e. The van der Waals surface area contributed by atoms with E-state index in [4.69, 9.17) is 9.47 Å². The van der Waals surface area contributed by atoms with Gasteiger partial charge in [-0.25, -0.2) is 13.2 Å². The summed E-state index contributed by atoms with van der Waals surface area (Å²) < 4.78 is 69.6. The van der Waals surface area contributed by atoms with Crippen molar-refractivity contribution in [1.82, 2.24) is 0 Å². The van der Waals surface area contributed by atoms with Crippen LogP contribution in [0.1, 0.15) is 107 Å². The fourth-order valence-corrected chi connectivity index (χ4v) is 6.08. The van der Waals surface area contributed by atoms with Crippen LogP contribution in [0, 0.1) is 29.2 Å². The van der Waals surface area contributed by atoms with Gasteiger partial charge in [0, 0.05) is 5.56 Å². The molecule has 36 heavy (non-hydrogen) atoms. The van der Waals surface area contributed by atoms with Crippen molar-refractivity contribution in [3.05, 3.63) is 64.2 Å². The fourth-order valence-electron chi connectivity index (χ4n) is 6.08. The third-order valence-corrected chi connectivity index (χ3v) is 8.14. The van der Waals surface area contributed by atoms with Crippen LogP contribution < -0.4 is 4.74 Å². The lowest BCUT2D eigenvalue weighted by Crippen LogP contribution is -2.22. The molecule has 2 saturated carbocycles. The standard InChI is InChI=1S/C30H38F4O2/c1-3-5-19-6-8-20(9-7-19)24-15-16-25(29(33)28(24)32)21-10-13-23(14-11-21)36-18-22-12-17-26(35-4-2)30(34)27(22)31/h12,15-17,19-21,23H,3-11,13-14,18H2,1-2H3. The summed E-state index contributed by atoms with van der Waals surface area (Å²) in [6.07, 6.45) is 9.00. The van der Waals surface area contributed by atoms with Gasteiger partial charge in [-0.15, -0.1) is 0 Å². The van der Waals surface area contributed by atoms with E-state index < -0.39 is 23.3 Å². The van der Waals surface area contributed by atoms with E-state index in [1.54, 1.807) is 13.0 Å². The van der Waals surface area contributed by atoms with Gasteiger partial charge in [-0.05, 0) is 99.3 Å². The Hall–Kier alpha value is -2.08. The van der Waals surface area contributed by atoms with Gasteiger partial charge in [0.05, 0.1) is 19.3 Å². The molecule has 2 nitrogen and oxygen atoms in total. The second-order valence-corrected chi connectivity index (χ2v) is 10.4. The molecule has 2 aliphatic carbocycles. The first kappa shape index (κ1) is 27.0. The van der Waals surface area contributed by atoms with E-state index in [-0.39, 0.29) is 42.5 Å². The van der Waals surface area contributed by atoms with Crippen molar-refractivity contribution in [3.8, 4) is 5.75 Å². The molecule has 2 aliphatic rings. The summed E-state index contributed by atoms with van der Waals surface area (Å²) >= 11 is 0. The van der Waals surface area contributed by atoms with E-state index in [2.05, 4.69) is 6.92 Å². The first-order valence-electron chi connectivity index (χ1n) is 13.6. The van der Waals surface area contributed by atoms with Crippen molar-refractivity contribution < 1.29 is 27.0 Å². The quantitative estimate of drug-likeness (QED) is 0.316. The second kappa shape index (κ2) is 12.4. The molecule has 0 aliphatic heterocycles. The molecule has 2 fully saturated rings. The minimum atomic E-state index is -1.00. The van der Waals surface area contributed by atoms with Crippen LogP contribution in [-0.2, 0) is 11.3 Å². The normalized spacial score (nSPS) is 24.6. The molecule has 0 spiro atoms. The largest absolute Gasteiger partial charge is 0.491 e. The van der Waals surface area contributed by atoms with Crippen molar-refractivity contribution in [1.29, 1.82) is 0 Å². The highest BCUT2D eigenvalue weighted by atomic mass is 19.2. The summed E-state index contributed by atoms with van der Waals surface area (Å²) in [6, 6.07) is 6.49. The molecule has 2 aromatic rings. The molecule has 4 rings (SSSR count). The molecule has 0 saturated heterocycles. The first-order valence-corrected chi connectivity index (χ1v) is 13.6. The van der Waals surface area contributed by atoms with Gasteiger partial charge in [0.1, 0.15) is 0 Å². The maximum atomic E-state index is 15.1. The first-order chi connectivity index (χ1) is 17.4. The van der Waals surface area contributed by atoms with Crippen LogP contribution in [0.15, 0.2) is 24.3 Å². The van der Waals surface area contributed by atoms with Gasteiger partial charge in [0.2, 0.25) is 5.82 Å². The minimum absolute atomic E-state index is 0.0390. The minimum Gasteiger partial charge on any atom is -0.491 e. The van der Waals surface area contributed by atoms with Gasteiger partial charge in [-0.2, -0.15) is 4.39 Å². The number of ether oxygens (including phenoxy) is 2. The lowest BCUT2D eigenvalue weighted by atomic mass is 9.76. The van der Waals surface area contributed by atoms with E-state index in [0.29, 0.717) is 36.8 Å². The van der Waals surface area contributed by atoms with Crippen LogP contribution >= 0.6 is 0 Å². The van der Waals surface area contributed by atoms with Crippen molar-refractivity contribution in [2.75, 3.05) is 6.61 Å². The van der Waals surface area contributed by atoms with Crippen molar-refractivity contribution in [2.24, 2.45) is 5.92 Å². The van der Waals surface area contributed by atoms with Crippen LogP contribution in [0.25, 0.3) is 0 Å². The molecule has 0 N–H and O–H groups in total. The van der Waals surface area contributed by atoms with E-state index in [1.807, 2.05) is 6.07 Å². The predicted molar refractivity (Wildman–Crippen MR) is 133 cm³/mol. The van der Waals surface area contributed by atoms with Gasteiger partial charge >= 0.3 is 0 Å². The van der Waals surface area contributed by atoms with Gasteiger partial charge < -0.3 is 9.47 Å². The summed E-state index contributed by atoms with van der Waals surface area (Å²) in [5.74, 6) is -2.66. The highest BCUT2D eigenvalue weighted by molar-refractivity contribution is 5.32. The van der Waals surface area contributed by atoms with E-state index in [9.17, 15) is 8.78 Å². The van der Waals surface area contributed by atoms with Crippen molar-refractivity contribution in [3.63, 3.8) is 0 Å². The van der Waals surface area contributed by atoms with Gasteiger partial charge in [0.15, 0.2) is 23.2 Å². The van der Waals surface area contributed by atoms with E-state index in [0.717, 1.165) is 31.6 Å². The van der Waals surface area contributed by atoms with E-state index in [1.165, 1.54) is 25.0 Å². The molecule has 0 unspecified atom stereocenters. The zero-order chi connectivity index (χ0) is 25.7. The highest BCUT2D eigenvalue weighted by Crippen LogP contribution is 2.41. The predicted octanol–water partition coefficient (Wildman–Crippen LogP) is 8.96. The molecular weight excluding hydrogens is 468 g/mol. The summed E-state index contributed by atoms with van der Waals surface area (Å²) in [6.45, 7) is 4.12. The maximum absolute atomic E-state index is 15.1. The van der Waals surface area contributed by atoms with Crippen molar-refractivity contribution >= 4 is 0 Å². The van der Waals surface area contributed by atoms with Gasteiger partial charge in [0.25, 0.3) is 0 Å². The summed E-state index contributed by atoms with van der Waals surface area (Å²) in [4.78, 5) is 0. The number of hydrogen-bond donors (Lipinski definition) is 0. The zero-order valence-corrected chi connectivity index (χ0v) is 21.4. The Balaban J connectivity index is 1.31. The third-order valence-electron chi connectivity index (χ3n) is 8.14. The zero-order valence-electron chi connectivity index (χ0n) is 21.4. The molecule has 0 aromatic heterocycles. The number of hydrogen-bond acceptors (Lipinski definition) is 2. The van der Waals surface area contributed by atoms with Crippen molar-refractivity contribution in [2.45, 2.75) is 103 Å². The lowest BCUT2D eigenvalue weighted by molar-refractivity contribution is 0.0116. The Labute approximate surface area is 212 Å². The molecule has 0 amide bonds. The lowest BCUT2D eigenvalue weighted by Gasteiger charge is -2.31. The Morgan fingerprint density at radius 2 is 1.28 bits per heavy atom. The molecule has 0 radical (unpaired) electrons. The topological polar surface area (TPSA) is 18.5 Å². The average molecular weight is 507 g/mol. The van der Waals surface area contributed by atoms with Crippen LogP contribution in [0.2, 0.25) is 0 Å². The molecule has 0 bridgehead atoms. The second-order valence-electron chi connectivity index (χ2n) is 10.4. The van der Waals surface area contributed by atoms with Gasteiger partial charge in [-0.1, -0.05) is 31.9 Å². The summed E-state index contributed by atoms with van der Waals surface area (Å²) in [5, 5.41) is 0. The molecule has 6 heteroatoms. The molecule has 0 atom stereocenters. The SMILES string of the molecule is CCCC1CCC(c2ccc(C3CCC(OCc4ccc(OCC)c(F)c4F)CC3)c(F)c2F)CC1. The number of rotatable bonds is 9. The third kappa shape index (κ3) is 6.07. The molecule has 2 aromatic carbocycles. The van der Waals surface area contributed by atoms with Crippen LogP contribution in [-0.4, -0.2) is 12.7 Å². The monoisotopic (exact) mass is 506 g/mol. The Kier molecular flexibility index (Phi) is 9.32. The molecule has 198 valence electrons. The number of benzene rings is 2. The molecule has 0 heterocycles. The van der Waals surface area contributed by atoms with Crippen LogP contribution in [0.4, 0.5) is 17.6 Å². The number of halogens is 4. The van der Waals surface area contributed by atoms with Crippen LogP contribution in [0.3, 0.4) is 0 Å². The smallest absolute Gasteiger partial charge is 0.200 e. The highest BCUT2D eigenvalue weighted by Gasteiger charge is 2.30. The Morgan fingerprint density at radius 1 is 0.694 bits per heavy atom. The Morgan fingerprint density at radius 3 is 1.83 bits per heavy atom. The van der Waals surface area contributed by atoms with E-state index >= 15 is 8.78 Å². The average Bonchev–Trinajstić information content (AvgIpc) is 2.89. The fraction of sp³-hybridized carbons (Fsp3) is 0.600. The van der Waals surface area contributed by atoms with Crippen LogP contribution in [0.5, 0.6) is 5.75 Å². The Bertz CT molecular complexity index is 1010. The van der Waals surface area contributed by atoms with Gasteiger partial charge in [-0.3, -0.25) is 0 Å². The summed E-state index contributed by atoms with van der Waals surface area (Å²) in [7, 11) is 0.